The van der Waals surface area contributed by atoms with Crippen molar-refractivity contribution in [2.24, 2.45) is 0 Å². The molecule has 46 valence electrons. The zero-order valence-electron chi connectivity index (χ0n) is 1.82. The van der Waals surface area contributed by atoms with E-state index in [0.717, 1.165) is 0 Å². The molecule has 0 nitrogen and oxygen atoms in total. The molecule has 5 heavy (non-hydrogen) atoms. The molecule has 0 aliphatic rings. The molecule has 0 amide bonds. The zero-order chi connectivity index (χ0) is 4.00. The van der Waals surface area contributed by atoms with Crippen LogP contribution >= 0.6 is 13.6 Å². The Labute approximate surface area is 89.4 Å². The van der Waals surface area contributed by atoms with Crippen LogP contribution in [0.5, 0.6) is 0 Å². The second kappa shape index (κ2) is 26.8. The monoisotopic (exact) mass is 435 g/mol. The molecule has 0 heterocycles. The summed E-state index contributed by atoms with van der Waals surface area (Å²) in [5.74, 6) is 0. The van der Waals surface area contributed by atoms with Crippen molar-refractivity contribution in [1.29, 1.82) is 0 Å². The number of hydrogen-bond donors (Lipinski definition) is 0. The molecule has 0 bridgehead atoms. The van der Waals surface area contributed by atoms with Gasteiger partial charge in [0.1, 0.15) is 0 Å². The Hall–Kier alpha value is 3.26. The number of hydrogen-bond acceptors (Lipinski definition) is 3. The van der Waals surface area contributed by atoms with Crippen molar-refractivity contribution in [2.45, 2.75) is 0 Å². The molecule has 0 saturated carbocycles. The van der Waals surface area contributed by atoms with Crippen molar-refractivity contribution in [3.63, 3.8) is 0 Å². The third kappa shape index (κ3) is 18.9. The molecule has 5 heteroatoms. The van der Waals surface area contributed by atoms with Gasteiger partial charge < -0.3 is 13.5 Å². The molecule has 0 aliphatic carbocycles. The van der Waals surface area contributed by atoms with E-state index in [1.54, 1.807) is 0 Å². The fourth-order valence-electron chi connectivity index (χ4n) is 0. The summed E-state index contributed by atoms with van der Waals surface area (Å²) in [6, 6.07) is 0. The van der Waals surface area contributed by atoms with Gasteiger partial charge in [-0.05, 0) is 0 Å². The predicted octanol–water partition coefficient (Wildman–Crippen LogP) is 1.03. The SMILES string of the molecule is [SH-].[S]=[Tm].[S]=[Tm]. The van der Waals surface area contributed by atoms with Gasteiger partial charge in [-0.25, -0.2) is 0 Å². The quantitative estimate of drug-likeness (QED) is 0.413. The van der Waals surface area contributed by atoms with Crippen LogP contribution in [0.1, 0.15) is 0 Å². The Kier molecular flexibility index (Phi) is 84.3. The Morgan fingerprint density at radius 3 is 0.800 bits per heavy atom. The van der Waals surface area contributed by atoms with Crippen LogP contribution in [0.15, 0.2) is 0 Å². The predicted molar refractivity (Wildman–Crippen MR) is 23.9 cm³/mol. The summed E-state index contributed by atoms with van der Waals surface area (Å²) in [5, 5.41) is 0. The number of rotatable bonds is 0. The van der Waals surface area contributed by atoms with Crippen molar-refractivity contribution in [3.8, 4) is 0 Å². The third-order valence-corrected chi connectivity index (χ3v) is 0. The molecule has 0 aromatic rings. The fourth-order valence-corrected chi connectivity index (χ4v) is 0. The van der Waals surface area contributed by atoms with E-state index >= 15 is 0 Å². The summed E-state index contributed by atoms with van der Waals surface area (Å²) in [5.41, 5.74) is 0. The van der Waals surface area contributed by atoms with Gasteiger partial charge in [0.25, 0.3) is 0 Å². The molecule has 0 radical (unpaired) electrons. The van der Waals surface area contributed by atoms with Gasteiger partial charge in [0.05, 0.1) is 0 Å². The summed E-state index contributed by atoms with van der Waals surface area (Å²) in [4.78, 5) is 0. The fraction of sp³-hybridized carbons (Fsp3) is 0. The van der Waals surface area contributed by atoms with E-state index in [1.165, 1.54) is 0 Å². The molecule has 0 aromatic heterocycles. The van der Waals surface area contributed by atoms with Crippen LogP contribution in [-0.4, -0.2) is 0 Å². The molecular weight excluding hydrogens is 434 g/mol. The summed E-state index contributed by atoms with van der Waals surface area (Å²) in [6.45, 7) is 7.94. The summed E-state index contributed by atoms with van der Waals surface area (Å²) >= 11 is 4.28. The summed E-state index contributed by atoms with van der Waals surface area (Å²) < 4.78 is 0. The summed E-state index contributed by atoms with van der Waals surface area (Å²) in [6.07, 6.45) is 0. The van der Waals surface area contributed by atoms with E-state index < -0.39 is 0 Å². The van der Waals surface area contributed by atoms with E-state index in [0.29, 0.717) is 0 Å². The van der Waals surface area contributed by atoms with E-state index in [4.69, 9.17) is 0 Å². The van der Waals surface area contributed by atoms with Crippen molar-refractivity contribution in [3.05, 3.63) is 0 Å². The van der Waals surface area contributed by atoms with Gasteiger partial charge in [0.15, 0.2) is 0 Å². The minimum atomic E-state index is 0. The molecule has 0 fully saturated rings. The van der Waals surface area contributed by atoms with Crippen molar-refractivity contribution >= 4 is 27.1 Å². The van der Waals surface area contributed by atoms with E-state index in [-0.39, 0.29) is 13.5 Å². The van der Waals surface area contributed by atoms with Gasteiger partial charge >= 0.3 is 78.6 Å². The Bertz CT molecular complexity index is 6.85. The zero-order valence-corrected chi connectivity index (χ0v) is 7.90. The first-order chi connectivity index (χ1) is 2.00. The molecule has 0 N–H and O–H groups in total. The van der Waals surface area contributed by atoms with Gasteiger partial charge in [-0.1, -0.05) is 0 Å². The van der Waals surface area contributed by atoms with Gasteiger partial charge in [0, 0.05) is 0 Å². The number of thiol groups is 1. The first-order valence-corrected chi connectivity index (χ1v) is 5.04. The maximum absolute atomic E-state index is 3.97. The second-order valence-electron chi connectivity index (χ2n) is 0. The first kappa shape index (κ1) is 15.7. The average Bonchev–Trinajstić information content (AvgIpc) is 1.50. The van der Waals surface area contributed by atoms with Gasteiger partial charge in [0.2, 0.25) is 0 Å². The van der Waals surface area contributed by atoms with Crippen molar-refractivity contribution in [1.82, 2.24) is 0 Å². The minimum absolute atomic E-state index is 0. The molecular formula is HS3Tm2-. The molecule has 0 aliphatic heterocycles. The van der Waals surface area contributed by atoms with Crippen LogP contribution in [0.3, 0.4) is 0 Å². The molecule has 0 spiro atoms. The maximum atomic E-state index is 3.97. The van der Waals surface area contributed by atoms with Crippen molar-refractivity contribution in [2.75, 3.05) is 0 Å². The van der Waals surface area contributed by atoms with E-state index in [9.17, 15) is 0 Å². The molecule has 0 aromatic carbocycles. The van der Waals surface area contributed by atoms with Crippen LogP contribution in [0.25, 0.3) is 0 Å². The Balaban J connectivity index is -0.0000000133. The molecule has 0 rings (SSSR count). The van der Waals surface area contributed by atoms with Gasteiger partial charge in [-0.3, -0.25) is 0 Å². The normalized spacial score (nSPS) is 2.40. The van der Waals surface area contributed by atoms with Crippen LogP contribution in [0, 0.1) is 65.0 Å². The van der Waals surface area contributed by atoms with E-state index in [1.807, 2.05) is 0 Å². The molecule has 0 saturated heterocycles. The summed E-state index contributed by atoms with van der Waals surface area (Å²) in [7, 11) is 0. The average molecular weight is 435 g/mol. The van der Waals surface area contributed by atoms with E-state index in [2.05, 4.69) is 78.6 Å². The topological polar surface area (TPSA) is 0 Å². The van der Waals surface area contributed by atoms with Crippen LogP contribution in [0.2, 0.25) is 0 Å². The first-order valence-electron chi connectivity index (χ1n) is 0.226. The standard InChI is InChI=1S/H2S.2S.2Tm/h1H2;;;;/p-1. The van der Waals surface area contributed by atoms with Crippen LogP contribution in [0.4, 0.5) is 0 Å². The van der Waals surface area contributed by atoms with Crippen LogP contribution < -0.4 is 0 Å². The Morgan fingerprint density at radius 1 is 0.800 bits per heavy atom. The third-order valence-electron chi connectivity index (χ3n) is 0. The Morgan fingerprint density at radius 2 is 0.800 bits per heavy atom. The van der Waals surface area contributed by atoms with Crippen LogP contribution in [-0.2, 0) is 13.5 Å². The second-order valence-corrected chi connectivity index (χ2v) is 0. The molecule has 0 unspecified atom stereocenters. The molecule has 0 atom stereocenters. The van der Waals surface area contributed by atoms with Crippen molar-refractivity contribution < 1.29 is 65.0 Å². The van der Waals surface area contributed by atoms with Gasteiger partial charge in [-0.15, -0.1) is 0 Å². The van der Waals surface area contributed by atoms with Gasteiger partial charge in [-0.2, -0.15) is 0 Å².